The summed E-state index contributed by atoms with van der Waals surface area (Å²) in [4.78, 5) is 32.7. The van der Waals surface area contributed by atoms with E-state index in [4.69, 9.17) is 43.4 Å². The second-order valence-corrected chi connectivity index (χ2v) is 12.0. The number of carbonyl (C=O) groups excluding carboxylic acids is 2. The summed E-state index contributed by atoms with van der Waals surface area (Å²) in [6, 6.07) is 7.59. The van der Waals surface area contributed by atoms with E-state index in [2.05, 4.69) is 10.3 Å². The lowest BCUT2D eigenvalue weighted by Crippen LogP contribution is -2.23. The van der Waals surface area contributed by atoms with Gasteiger partial charge < -0.3 is 39.3 Å². The number of benzene rings is 1. The van der Waals surface area contributed by atoms with Crippen molar-refractivity contribution in [2.45, 2.75) is 72.9 Å². The third kappa shape index (κ3) is 10.0. The van der Waals surface area contributed by atoms with Gasteiger partial charge >= 0.3 is 19.9 Å². The Bertz CT molecular complexity index is 1400. The molecule has 238 valence electrons. The van der Waals surface area contributed by atoms with Crippen LogP contribution in [0.2, 0.25) is 0 Å². The molecular formula is C27H40N5O10P. The van der Waals surface area contributed by atoms with Gasteiger partial charge in [-0.3, -0.25) is 13.6 Å². The standard InChI is InChI=1S/C27H40N5O10P/c1-7-29-12-22-31-23-24(20-10-8-9-11-21(20)30-25(23)28)32(22)13-19(6)38-16-43(35,39-14-36-26(33)41-17(2)3)40-15-37-27(34)42-18(4)5/h8-11,17-19,29H,7,12-16H2,1-6H3,(H2,28,30). The Balaban J connectivity index is 1.77. The van der Waals surface area contributed by atoms with Crippen LogP contribution < -0.4 is 11.1 Å². The molecule has 43 heavy (non-hydrogen) atoms. The monoisotopic (exact) mass is 625 g/mol. The third-order valence-corrected chi connectivity index (χ3v) is 7.16. The van der Waals surface area contributed by atoms with Crippen LogP contribution in [-0.2, 0) is 50.4 Å². The number of nitrogens with one attached hydrogen (secondary N) is 1. The van der Waals surface area contributed by atoms with Crippen molar-refractivity contribution < 1.29 is 46.9 Å². The van der Waals surface area contributed by atoms with Crippen LogP contribution in [0.5, 0.6) is 0 Å². The molecule has 0 saturated heterocycles. The maximum Gasteiger partial charge on any atom is 0.510 e. The maximum atomic E-state index is 13.5. The fourth-order valence-electron chi connectivity index (χ4n) is 3.88. The highest BCUT2D eigenvalue weighted by atomic mass is 31.2. The molecule has 2 heterocycles. The summed E-state index contributed by atoms with van der Waals surface area (Å²) in [5.74, 6) is 1.01. The normalized spacial score (nSPS) is 12.7. The van der Waals surface area contributed by atoms with Gasteiger partial charge in [0.05, 0.1) is 42.4 Å². The van der Waals surface area contributed by atoms with Crippen molar-refractivity contribution in [3.8, 4) is 0 Å². The minimum absolute atomic E-state index is 0.291. The Hall–Kier alpha value is -3.49. The highest BCUT2D eigenvalue weighted by molar-refractivity contribution is 7.53. The predicted molar refractivity (Wildman–Crippen MR) is 157 cm³/mol. The van der Waals surface area contributed by atoms with Gasteiger partial charge in [0.2, 0.25) is 13.6 Å². The summed E-state index contributed by atoms with van der Waals surface area (Å²) in [7, 11) is -4.12. The Morgan fingerprint density at radius 2 is 1.58 bits per heavy atom. The van der Waals surface area contributed by atoms with Crippen LogP contribution >= 0.6 is 7.60 Å². The number of fused-ring (bicyclic) bond motifs is 3. The first kappa shape index (κ1) is 34.0. The smallest absolute Gasteiger partial charge is 0.432 e. The van der Waals surface area contributed by atoms with Crippen molar-refractivity contribution in [2.75, 3.05) is 32.2 Å². The molecule has 3 N–H and O–H groups in total. The number of rotatable bonds is 16. The molecule has 0 saturated carbocycles. The number of nitrogens with two attached hydrogens (primary N) is 1. The van der Waals surface area contributed by atoms with Gasteiger partial charge in [-0.2, -0.15) is 0 Å². The Morgan fingerprint density at radius 1 is 0.977 bits per heavy atom. The molecule has 1 unspecified atom stereocenters. The van der Waals surface area contributed by atoms with Crippen molar-refractivity contribution in [2.24, 2.45) is 0 Å². The SMILES string of the molecule is CCNCc1nc2c(N)nc3ccccc3c2n1CC(C)OCP(=O)(OCOC(=O)OC(C)C)OCOC(=O)OC(C)C. The first-order valence-electron chi connectivity index (χ1n) is 13.8. The molecular weight excluding hydrogens is 585 g/mol. The van der Waals surface area contributed by atoms with Crippen molar-refractivity contribution in [1.29, 1.82) is 0 Å². The number of carbonyl (C=O) groups is 2. The minimum atomic E-state index is -4.12. The third-order valence-electron chi connectivity index (χ3n) is 5.70. The maximum absolute atomic E-state index is 13.5. The predicted octanol–water partition coefficient (Wildman–Crippen LogP) is 4.90. The van der Waals surface area contributed by atoms with E-state index < -0.39 is 58.2 Å². The zero-order chi connectivity index (χ0) is 31.6. The van der Waals surface area contributed by atoms with Gasteiger partial charge in [0.1, 0.15) is 17.7 Å². The van der Waals surface area contributed by atoms with Crippen LogP contribution in [0.4, 0.5) is 15.4 Å². The summed E-state index contributed by atoms with van der Waals surface area (Å²) in [5, 5.41) is 4.14. The van der Waals surface area contributed by atoms with Gasteiger partial charge in [-0.05, 0) is 47.2 Å². The number of hydrogen-bond donors (Lipinski definition) is 2. The highest BCUT2D eigenvalue weighted by Crippen LogP contribution is 2.48. The summed E-state index contributed by atoms with van der Waals surface area (Å²) in [6.45, 7) is 10.3. The van der Waals surface area contributed by atoms with Gasteiger partial charge in [0, 0.05) is 5.39 Å². The lowest BCUT2D eigenvalue weighted by Gasteiger charge is -2.22. The second kappa shape index (κ2) is 15.8. The largest absolute Gasteiger partial charge is 0.510 e. The van der Waals surface area contributed by atoms with Gasteiger partial charge in [-0.15, -0.1) is 0 Å². The van der Waals surface area contributed by atoms with E-state index in [1.807, 2.05) is 35.8 Å². The summed E-state index contributed by atoms with van der Waals surface area (Å²) in [5.41, 5.74) is 8.34. The fraction of sp³-hybridized carbons (Fsp3) is 0.556. The lowest BCUT2D eigenvalue weighted by molar-refractivity contribution is -0.0369. The van der Waals surface area contributed by atoms with Gasteiger partial charge in [0.15, 0.2) is 5.82 Å². The number of imidazole rings is 1. The number of para-hydroxylation sites is 1. The number of pyridine rings is 1. The quantitative estimate of drug-likeness (QED) is 0.124. The second-order valence-electron chi connectivity index (χ2n) is 9.96. The zero-order valence-electron chi connectivity index (χ0n) is 25.2. The molecule has 3 aromatic rings. The number of nitrogens with zero attached hydrogens (tertiary/aromatic N) is 3. The average molecular weight is 626 g/mol. The molecule has 16 heteroatoms. The molecule has 3 rings (SSSR count). The van der Waals surface area contributed by atoms with Crippen LogP contribution in [0.3, 0.4) is 0 Å². The topological polar surface area (TPSA) is 185 Å². The highest BCUT2D eigenvalue weighted by Gasteiger charge is 2.29. The first-order chi connectivity index (χ1) is 20.4. The Kier molecular flexibility index (Phi) is 12.5. The molecule has 2 aromatic heterocycles. The van der Waals surface area contributed by atoms with E-state index in [1.165, 1.54) is 0 Å². The van der Waals surface area contributed by atoms with E-state index in [1.54, 1.807) is 34.6 Å². The van der Waals surface area contributed by atoms with E-state index in [9.17, 15) is 14.2 Å². The van der Waals surface area contributed by atoms with Crippen molar-refractivity contribution in [3.63, 3.8) is 0 Å². The molecule has 0 bridgehead atoms. The molecule has 0 aliphatic heterocycles. The molecule has 1 aromatic carbocycles. The summed E-state index contributed by atoms with van der Waals surface area (Å²) in [6.07, 6.45) is -4.01. The molecule has 0 amide bonds. The van der Waals surface area contributed by atoms with Gasteiger partial charge in [0.25, 0.3) is 0 Å². The number of hydrogen-bond acceptors (Lipinski definition) is 14. The number of nitrogen functional groups attached to an aromatic ring is 1. The molecule has 0 aliphatic rings. The summed E-state index contributed by atoms with van der Waals surface area (Å²) >= 11 is 0. The van der Waals surface area contributed by atoms with Crippen LogP contribution in [0.15, 0.2) is 24.3 Å². The first-order valence-corrected chi connectivity index (χ1v) is 15.6. The van der Waals surface area contributed by atoms with Crippen LogP contribution in [0.25, 0.3) is 21.9 Å². The number of aromatic nitrogens is 3. The van der Waals surface area contributed by atoms with Crippen molar-refractivity contribution >= 4 is 47.7 Å². The van der Waals surface area contributed by atoms with E-state index >= 15 is 0 Å². The van der Waals surface area contributed by atoms with Crippen LogP contribution in [-0.4, -0.2) is 71.6 Å². The number of anilines is 1. The molecule has 0 spiro atoms. The van der Waals surface area contributed by atoms with E-state index in [0.29, 0.717) is 30.2 Å². The van der Waals surface area contributed by atoms with Gasteiger partial charge in [-0.1, -0.05) is 25.1 Å². The van der Waals surface area contributed by atoms with E-state index in [0.717, 1.165) is 23.0 Å². The van der Waals surface area contributed by atoms with Crippen LogP contribution in [0.1, 0.15) is 47.4 Å². The van der Waals surface area contributed by atoms with E-state index in [-0.39, 0.29) is 0 Å². The van der Waals surface area contributed by atoms with Crippen molar-refractivity contribution in [3.05, 3.63) is 30.1 Å². The number of ether oxygens (including phenoxy) is 5. The Labute approximate surface area is 249 Å². The van der Waals surface area contributed by atoms with Crippen LogP contribution in [0, 0.1) is 0 Å². The lowest BCUT2D eigenvalue weighted by atomic mass is 10.2. The zero-order valence-corrected chi connectivity index (χ0v) is 26.1. The Morgan fingerprint density at radius 3 is 2.16 bits per heavy atom. The molecule has 0 radical (unpaired) electrons. The summed E-state index contributed by atoms with van der Waals surface area (Å²) < 4.78 is 51.2. The fourth-order valence-corrected chi connectivity index (χ4v) is 4.96. The van der Waals surface area contributed by atoms with Gasteiger partial charge in [-0.25, -0.2) is 19.6 Å². The molecule has 15 nitrogen and oxygen atoms in total. The minimum Gasteiger partial charge on any atom is -0.432 e. The average Bonchev–Trinajstić information content (AvgIpc) is 3.29. The molecule has 0 fully saturated rings. The molecule has 1 atom stereocenters. The van der Waals surface area contributed by atoms with Crippen molar-refractivity contribution in [1.82, 2.24) is 19.9 Å². The molecule has 0 aliphatic carbocycles.